The Hall–Kier alpha value is -3.06. The SMILES string of the molecule is CCc1nc2ccccc2n1CC(=O)Nc1ccc(OCC(=O)N(CC)CC)c(Cl)c1. The minimum absolute atomic E-state index is 0.0827. The summed E-state index contributed by atoms with van der Waals surface area (Å²) in [4.78, 5) is 31.0. The zero-order valence-corrected chi connectivity index (χ0v) is 18.8. The number of benzene rings is 2. The fourth-order valence-electron chi connectivity index (χ4n) is 3.42. The van der Waals surface area contributed by atoms with Gasteiger partial charge in [-0.25, -0.2) is 4.98 Å². The molecule has 0 radical (unpaired) electrons. The number of nitrogens with one attached hydrogen (secondary N) is 1. The molecule has 7 nitrogen and oxygen atoms in total. The molecule has 0 fully saturated rings. The van der Waals surface area contributed by atoms with E-state index in [0.29, 0.717) is 29.5 Å². The van der Waals surface area contributed by atoms with Crippen molar-refractivity contribution in [3.63, 3.8) is 0 Å². The third-order valence-electron chi connectivity index (χ3n) is 5.03. The van der Waals surface area contributed by atoms with Crippen molar-refractivity contribution in [3.8, 4) is 5.75 Å². The molecular weight excluding hydrogens is 416 g/mol. The molecule has 31 heavy (non-hydrogen) atoms. The van der Waals surface area contributed by atoms with Gasteiger partial charge < -0.3 is 19.5 Å². The zero-order valence-electron chi connectivity index (χ0n) is 18.0. The van der Waals surface area contributed by atoms with Crippen LogP contribution in [0.2, 0.25) is 5.02 Å². The molecule has 2 aromatic carbocycles. The van der Waals surface area contributed by atoms with Gasteiger partial charge in [0.25, 0.3) is 5.91 Å². The van der Waals surface area contributed by atoms with E-state index in [1.807, 2.05) is 49.6 Å². The van der Waals surface area contributed by atoms with Crippen LogP contribution in [0.1, 0.15) is 26.6 Å². The van der Waals surface area contributed by atoms with Crippen molar-refractivity contribution in [2.45, 2.75) is 33.7 Å². The summed E-state index contributed by atoms with van der Waals surface area (Å²) in [5.74, 6) is 0.974. The lowest BCUT2D eigenvalue weighted by molar-refractivity contribution is -0.133. The van der Waals surface area contributed by atoms with Crippen LogP contribution in [0.5, 0.6) is 5.75 Å². The Balaban J connectivity index is 1.65. The van der Waals surface area contributed by atoms with Gasteiger partial charge >= 0.3 is 0 Å². The number of carbonyl (C=O) groups excluding carboxylic acids is 2. The first-order chi connectivity index (χ1) is 15.0. The minimum atomic E-state index is -0.181. The number of carbonyl (C=O) groups is 2. The van der Waals surface area contributed by atoms with Crippen LogP contribution in [0.3, 0.4) is 0 Å². The first-order valence-corrected chi connectivity index (χ1v) is 10.8. The Bertz CT molecular complexity index is 1080. The van der Waals surface area contributed by atoms with Crippen LogP contribution in [-0.4, -0.2) is 46.0 Å². The summed E-state index contributed by atoms with van der Waals surface area (Å²) < 4.78 is 7.48. The number of nitrogens with zero attached hydrogens (tertiary/aromatic N) is 3. The normalized spacial score (nSPS) is 10.8. The van der Waals surface area contributed by atoms with Crippen molar-refractivity contribution in [2.24, 2.45) is 0 Å². The average molecular weight is 443 g/mol. The number of rotatable bonds is 9. The van der Waals surface area contributed by atoms with E-state index in [0.717, 1.165) is 23.3 Å². The fourth-order valence-corrected chi connectivity index (χ4v) is 3.65. The van der Waals surface area contributed by atoms with Crippen molar-refractivity contribution in [3.05, 3.63) is 53.3 Å². The molecule has 0 aliphatic rings. The number of likely N-dealkylation sites (N-methyl/N-ethyl adjacent to an activating group) is 1. The number of imidazole rings is 1. The molecule has 0 unspecified atom stereocenters. The quantitative estimate of drug-likeness (QED) is 0.540. The number of ether oxygens (including phenoxy) is 1. The average Bonchev–Trinajstić information content (AvgIpc) is 3.11. The highest BCUT2D eigenvalue weighted by atomic mass is 35.5. The minimum Gasteiger partial charge on any atom is -0.482 e. The maximum absolute atomic E-state index is 12.7. The Morgan fingerprint density at radius 2 is 1.87 bits per heavy atom. The van der Waals surface area contributed by atoms with Crippen LogP contribution in [0.15, 0.2) is 42.5 Å². The number of halogens is 1. The molecule has 1 aromatic heterocycles. The van der Waals surface area contributed by atoms with Gasteiger partial charge in [0.15, 0.2) is 6.61 Å². The molecule has 164 valence electrons. The second kappa shape index (κ2) is 10.3. The summed E-state index contributed by atoms with van der Waals surface area (Å²) in [6.45, 7) is 7.17. The summed E-state index contributed by atoms with van der Waals surface area (Å²) >= 11 is 6.30. The van der Waals surface area contributed by atoms with E-state index in [2.05, 4.69) is 10.3 Å². The number of fused-ring (bicyclic) bond motifs is 1. The van der Waals surface area contributed by atoms with Crippen LogP contribution in [-0.2, 0) is 22.6 Å². The summed E-state index contributed by atoms with van der Waals surface area (Å²) in [6.07, 6.45) is 0.728. The number of hydrogen-bond acceptors (Lipinski definition) is 4. The Morgan fingerprint density at radius 1 is 1.13 bits per heavy atom. The number of aryl methyl sites for hydroxylation is 1. The van der Waals surface area contributed by atoms with Gasteiger partial charge in [0, 0.05) is 25.2 Å². The molecule has 0 aliphatic carbocycles. The number of para-hydroxylation sites is 2. The lowest BCUT2D eigenvalue weighted by atomic mass is 10.3. The van der Waals surface area contributed by atoms with Crippen LogP contribution in [0, 0.1) is 0 Å². The molecule has 3 aromatic rings. The molecule has 0 aliphatic heterocycles. The maximum Gasteiger partial charge on any atom is 0.260 e. The Labute approximate surface area is 187 Å². The fraction of sp³-hybridized carbons (Fsp3) is 0.348. The van der Waals surface area contributed by atoms with Crippen molar-refractivity contribution in [1.29, 1.82) is 0 Å². The first kappa shape index (κ1) is 22.6. The molecule has 0 saturated heterocycles. The highest BCUT2D eigenvalue weighted by Gasteiger charge is 2.14. The van der Waals surface area contributed by atoms with Crippen LogP contribution < -0.4 is 10.1 Å². The second-order valence-electron chi connectivity index (χ2n) is 7.00. The molecule has 0 spiro atoms. The predicted molar refractivity (Wildman–Crippen MR) is 123 cm³/mol. The molecule has 3 rings (SSSR count). The van der Waals surface area contributed by atoms with E-state index in [9.17, 15) is 9.59 Å². The lowest BCUT2D eigenvalue weighted by Crippen LogP contribution is -2.34. The van der Waals surface area contributed by atoms with Crippen molar-refractivity contribution in [1.82, 2.24) is 14.5 Å². The van der Waals surface area contributed by atoms with E-state index in [4.69, 9.17) is 16.3 Å². The molecule has 1 heterocycles. The van der Waals surface area contributed by atoms with Gasteiger partial charge in [0.2, 0.25) is 5.91 Å². The number of hydrogen-bond donors (Lipinski definition) is 1. The third-order valence-corrected chi connectivity index (χ3v) is 5.33. The highest BCUT2D eigenvalue weighted by Crippen LogP contribution is 2.28. The van der Waals surface area contributed by atoms with Crippen LogP contribution in [0.25, 0.3) is 11.0 Å². The van der Waals surface area contributed by atoms with Crippen LogP contribution in [0.4, 0.5) is 5.69 Å². The lowest BCUT2D eigenvalue weighted by Gasteiger charge is -2.19. The third kappa shape index (κ3) is 5.35. The Morgan fingerprint density at radius 3 is 2.55 bits per heavy atom. The van der Waals surface area contributed by atoms with E-state index in [1.165, 1.54) is 0 Å². The zero-order chi connectivity index (χ0) is 22.4. The van der Waals surface area contributed by atoms with Crippen molar-refractivity contribution in [2.75, 3.05) is 25.0 Å². The molecule has 2 amide bonds. The summed E-state index contributed by atoms with van der Waals surface area (Å²) in [7, 11) is 0. The van der Waals surface area contributed by atoms with Gasteiger partial charge in [-0.2, -0.15) is 0 Å². The molecule has 0 atom stereocenters. The van der Waals surface area contributed by atoms with Gasteiger partial charge in [-0.3, -0.25) is 9.59 Å². The van der Waals surface area contributed by atoms with Crippen LogP contribution >= 0.6 is 11.6 Å². The van der Waals surface area contributed by atoms with E-state index in [-0.39, 0.29) is 25.0 Å². The smallest absolute Gasteiger partial charge is 0.260 e. The first-order valence-electron chi connectivity index (χ1n) is 10.4. The van der Waals surface area contributed by atoms with Gasteiger partial charge in [0.05, 0.1) is 16.1 Å². The van der Waals surface area contributed by atoms with Crippen molar-refractivity contribution >= 4 is 40.1 Å². The number of amides is 2. The number of aromatic nitrogens is 2. The van der Waals surface area contributed by atoms with Gasteiger partial charge in [0.1, 0.15) is 18.1 Å². The molecule has 0 saturated carbocycles. The predicted octanol–water partition coefficient (Wildman–Crippen LogP) is 4.14. The second-order valence-corrected chi connectivity index (χ2v) is 7.41. The van der Waals surface area contributed by atoms with Crippen molar-refractivity contribution < 1.29 is 14.3 Å². The van der Waals surface area contributed by atoms with E-state index >= 15 is 0 Å². The summed E-state index contributed by atoms with van der Waals surface area (Å²) in [6, 6.07) is 12.7. The molecule has 0 bridgehead atoms. The standard InChI is InChI=1S/C23H27ClN4O3/c1-4-21-26-18-9-7-8-10-19(18)28(21)14-22(29)25-16-11-12-20(17(24)13-16)31-15-23(30)27(5-2)6-3/h7-13H,4-6,14-15H2,1-3H3,(H,25,29). The molecule has 8 heteroatoms. The Kier molecular flexibility index (Phi) is 7.52. The monoisotopic (exact) mass is 442 g/mol. The molecule has 1 N–H and O–H groups in total. The van der Waals surface area contributed by atoms with E-state index < -0.39 is 0 Å². The summed E-state index contributed by atoms with van der Waals surface area (Å²) in [5, 5.41) is 3.19. The molecular formula is C23H27ClN4O3. The maximum atomic E-state index is 12.7. The largest absolute Gasteiger partial charge is 0.482 e. The van der Waals surface area contributed by atoms with Gasteiger partial charge in [-0.1, -0.05) is 30.7 Å². The van der Waals surface area contributed by atoms with Gasteiger partial charge in [-0.05, 0) is 44.2 Å². The summed E-state index contributed by atoms with van der Waals surface area (Å²) in [5.41, 5.74) is 2.35. The highest BCUT2D eigenvalue weighted by molar-refractivity contribution is 6.32. The number of anilines is 1. The van der Waals surface area contributed by atoms with Gasteiger partial charge in [-0.15, -0.1) is 0 Å². The van der Waals surface area contributed by atoms with E-state index in [1.54, 1.807) is 23.1 Å². The topological polar surface area (TPSA) is 76.5 Å².